The van der Waals surface area contributed by atoms with Crippen LogP contribution in [0.3, 0.4) is 0 Å². The molecular formula is C24H24O2S2. The van der Waals surface area contributed by atoms with Gasteiger partial charge in [-0.1, -0.05) is 41.9 Å². The molecule has 4 bridgehead atoms. The Morgan fingerprint density at radius 1 is 1.18 bits per heavy atom. The van der Waals surface area contributed by atoms with Crippen LogP contribution in [0.2, 0.25) is 0 Å². The van der Waals surface area contributed by atoms with Crippen molar-refractivity contribution in [2.24, 2.45) is 23.2 Å². The molecule has 5 fully saturated rings. The molecule has 1 aromatic rings. The van der Waals surface area contributed by atoms with Crippen molar-refractivity contribution in [3.05, 3.63) is 34.2 Å². The van der Waals surface area contributed by atoms with Crippen LogP contribution in [0.5, 0.6) is 5.75 Å². The van der Waals surface area contributed by atoms with E-state index < -0.39 is 0 Å². The molecule has 1 saturated heterocycles. The maximum Gasteiger partial charge on any atom is 0.175 e. The van der Waals surface area contributed by atoms with Crippen LogP contribution in [0.1, 0.15) is 56.1 Å². The minimum absolute atomic E-state index is 0.118. The van der Waals surface area contributed by atoms with Gasteiger partial charge < -0.3 is 4.74 Å². The van der Waals surface area contributed by atoms with Crippen LogP contribution >= 0.6 is 24.0 Å². The number of benzene rings is 1. The third-order valence-electron chi connectivity index (χ3n) is 6.83. The highest BCUT2D eigenvalue weighted by atomic mass is 32.2. The normalized spacial score (nSPS) is 34.6. The molecule has 0 unspecified atom stereocenters. The lowest BCUT2D eigenvalue weighted by Crippen LogP contribution is -2.45. The zero-order valence-corrected chi connectivity index (χ0v) is 17.8. The van der Waals surface area contributed by atoms with Gasteiger partial charge in [-0.05, 0) is 80.1 Å². The summed E-state index contributed by atoms with van der Waals surface area (Å²) in [4.78, 5) is 12.8. The monoisotopic (exact) mass is 408 g/mol. The van der Waals surface area contributed by atoms with Crippen molar-refractivity contribution < 1.29 is 9.53 Å². The largest absolute Gasteiger partial charge is 0.495 e. The lowest BCUT2D eigenvalue weighted by Gasteiger charge is -2.54. The summed E-state index contributed by atoms with van der Waals surface area (Å²) >= 11 is 6.59. The summed E-state index contributed by atoms with van der Waals surface area (Å²) in [5, 5.41) is 0. The number of hydrogen-bond acceptors (Lipinski definition) is 4. The second-order valence-corrected chi connectivity index (χ2v) is 10.9. The molecule has 0 radical (unpaired) electrons. The van der Waals surface area contributed by atoms with E-state index in [9.17, 15) is 4.79 Å². The molecule has 144 valence electrons. The standard InChI is InChI=1S/C24H24O2S2/c1-26-21-3-2-15(10-22-20(25)11-23(27)28-22)9-19(21)4-5-24-12-16-6-17(13-24)8-18(7-16)14-24/h2-3,9-10,16-18H,6-8,11-14H2,1H3/b22-10-. The van der Waals surface area contributed by atoms with Gasteiger partial charge in [-0.15, -0.1) is 0 Å². The van der Waals surface area contributed by atoms with E-state index in [1.54, 1.807) is 7.11 Å². The molecule has 1 aliphatic heterocycles. The Hall–Kier alpha value is -1.57. The van der Waals surface area contributed by atoms with E-state index in [1.165, 1.54) is 50.3 Å². The fourth-order valence-corrected chi connectivity index (χ4v) is 7.30. The minimum Gasteiger partial charge on any atom is -0.495 e. The molecular weight excluding hydrogens is 384 g/mol. The van der Waals surface area contributed by atoms with Crippen LogP contribution in [0, 0.1) is 35.0 Å². The fraction of sp³-hybridized carbons (Fsp3) is 0.500. The van der Waals surface area contributed by atoms with Crippen molar-refractivity contribution in [2.75, 3.05) is 7.11 Å². The van der Waals surface area contributed by atoms with Gasteiger partial charge in [0.05, 0.1) is 28.2 Å². The molecule has 0 atom stereocenters. The summed E-state index contributed by atoms with van der Waals surface area (Å²) in [6, 6.07) is 5.99. The van der Waals surface area contributed by atoms with Gasteiger partial charge in [0.15, 0.2) is 5.78 Å². The Morgan fingerprint density at radius 3 is 2.43 bits per heavy atom. The zero-order chi connectivity index (χ0) is 19.3. The average molecular weight is 409 g/mol. The molecule has 4 saturated carbocycles. The van der Waals surface area contributed by atoms with Gasteiger partial charge >= 0.3 is 0 Å². The van der Waals surface area contributed by atoms with Gasteiger partial charge in [0.25, 0.3) is 0 Å². The van der Waals surface area contributed by atoms with E-state index in [2.05, 4.69) is 17.9 Å². The quantitative estimate of drug-likeness (QED) is 0.359. The van der Waals surface area contributed by atoms with Crippen LogP contribution in [0.4, 0.5) is 0 Å². The van der Waals surface area contributed by atoms with Crippen molar-refractivity contribution >= 4 is 40.0 Å². The molecule has 0 N–H and O–H groups in total. The van der Waals surface area contributed by atoms with Crippen molar-refractivity contribution in [3.63, 3.8) is 0 Å². The maximum absolute atomic E-state index is 12.1. The van der Waals surface area contributed by atoms with Crippen molar-refractivity contribution in [2.45, 2.75) is 44.9 Å². The van der Waals surface area contributed by atoms with Gasteiger partial charge in [-0.25, -0.2) is 0 Å². The summed E-state index contributed by atoms with van der Waals surface area (Å²) in [6.07, 6.45) is 10.4. The summed E-state index contributed by atoms with van der Waals surface area (Å²) < 4.78 is 6.32. The molecule has 2 nitrogen and oxygen atoms in total. The summed E-state index contributed by atoms with van der Waals surface area (Å²) in [5.74, 6) is 10.8. The average Bonchev–Trinajstić information content (AvgIpc) is 2.96. The highest BCUT2D eigenvalue weighted by molar-refractivity contribution is 8.27. The fourth-order valence-electron chi connectivity index (χ4n) is 6.07. The van der Waals surface area contributed by atoms with E-state index in [0.717, 1.165) is 43.7 Å². The first-order valence-corrected chi connectivity index (χ1v) is 11.4. The predicted octanol–water partition coefficient (Wildman–Crippen LogP) is 5.64. The smallest absolute Gasteiger partial charge is 0.175 e. The molecule has 28 heavy (non-hydrogen) atoms. The molecule has 4 aliphatic carbocycles. The molecule has 0 aromatic heterocycles. The first-order chi connectivity index (χ1) is 13.5. The van der Waals surface area contributed by atoms with E-state index >= 15 is 0 Å². The third kappa shape index (κ3) is 3.44. The Kier molecular flexibility index (Phi) is 4.64. The van der Waals surface area contributed by atoms with Gasteiger partial charge in [0.1, 0.15) is 5.75 Å². The number of rotatable bonds is 2. The topological polar surface area (TPSA) is 26.3 Å². The number of hydrogen-bond donors (Lipinski definition) is 0. The van der Waals surface area contributed by atoms with Crippen molar-refractivity contribution in [1.29, 1.82) is 0 Å². The Morgan fingerprint density at radius 2 is 1.86 bits per heavy atom. The van der Waals surface area contributed by atoms with Gasteiger partial charge in [0, 0.05) is 5.41 Å². The number of carbonyl (C=O) groups excluding carboxylic acids is 1. The van der Waals surface area contributed by atoms with E-state index in [0.29, 0.717) is 6.42 Å². The molecule has 0 amide bonds. The van der Waals surface area contributed by atoms with Crippen LogP contribution in [0.25, 0.3) is 6.08 Å². The van der Waals surface area contributed by atoms with Crippen LogP contribution < -0.4 is 4.74 Å². The number of allylic oxidation sites excluding steroid dienone is 1. The van der Waals surface area contributed by atoms with E-state index in [4.69, 9.17) is 17.0 Å². The molecule has 5 aliphatic rings. The zero-order valence-electron chi connectivity index (χ0n) is 16.1. The lowest BCUT2D eigenvalue weighted by molar-refractivity contribution is -0.113. The maximum atomic E-state index is 12.1. The number of methoxy groups -OCH3 is 1. The highest BCUT2D eigenvalue weighted by Gasteiger charge is 2.50. The molecule has 4 heteroatoms. The van der Waals surface area contributed by atoms with Crippen LogP contribution in [0.15, 0.2) is 23.1 Å². The summed E-state index contributed by atoms with van der Waals surface area (Å²) in [5.41, 5.74) is 2.12. The molecule has 1 heterocycles. The summed E-state index contributed by atoms with van der Waals surface area (Å²) in [6.45, 7) is 0. The van der Waals surface area contributed by atoms with Gasteiger partial charge in [0.2, 0.25) is 0 Å². The van der Waals surface area contributed by atoms with E-state index in [1.807, 2.05) is 18.2 Å². The second kappa shape index (κ2) is 7.04. The lowest BCUT2D eigenvalue weighted by atomic mass is 9.50. The van der Waals surface area contributed by atoms with Crippen LogP contribution in [-0.2, 0) is 4.79 Å². The first kappa shape index (κ1) is 18.5. The summed E-state index contributed by atoms with van der Waals surface area (Å²) in [7, 11) is 1.69. The van der Waals surface area contributed by atoms with E-state index in [-0.39, 0.29) is 11.2 Å². The Labute approximate surface area is 176 Å². The highest BCUT2D eigenvalue weighted by Crippen LogP contribution is 2.59. The van der Waals surface area contributed by atoms with Crippen molar-refractivity contribution in [1.82, 2.24) is 0 Å². The first-order valence-electron chi connectivity index (χ1n) is 10.2. The van der Waals surface area contributed by atoms with Crippen molar-refractivity contribution in [3.8, 4) is 17.6 Å². The van der Waals surface area contributed by atoms with Gasteiger partial charge in [-0.2, -0.15) is 0 Å². The Balaban J connectivity index is 1.46. The number of ketones is 1. The van der Waals surface area contributed by atoms with Crippen LogP contribution in [-0.4, -0.2) is 17.1 Å². The predicted molar refractivity (Wildman–Crippen MR) is 118 cm³/mol. The second-order valence-electron chi connectivity index (χ2n) is 8.99. The number of thiocarbonyl (C=S) groups is 1. The third-order valence-corrected chi connectivity index (χ3v) is 8.16. The number of ether oxygens (including phenoxy) is 1. The molecule has 6 rings (SSSR count). The molecule has 1 aromatic carbocycles. The minimum atomic E-state index is 0.118. The number of thioether (sulfide) groups is 1. The van der Waals surface area contributed by atoms with Gasteiger partial charge in [-0.3, -0.25) is 4.79 Å². The number of Topliss-reactive ketones (excluding diaryl/α,β-unsaturated/α-hetero) is 1. The Bertz CT molecular complexity index is 912. The SMILES string of the molecule is COc1ccc(/C=C2\SC(=S)CC2=O)cc1C#CC12CC3CC(CC(C3)C1)C2. The molecule has 0 spiro atoms. The number of carbonyl (C=O) groups is 1.